The van der Waals surface area contributed by atoms with E-state index in [0.717, 1.165) is 18.8 Å². The van der Waals surface area contributed by atoms with Crippen LogP contribution in [0.5, 0.6) is 0 Å². The Morgan fingerprint density at radius 1 is 1.33 bits per heavy atom. The van der Waals surface area contributed by atoms with Crippen molar-refractivity contribution in [2.45, 2.75) is 33.1 Å². The van der Waals surface area contributed by atoms with E-state index in [1.165, 1.54) is 19.3 Å². The third-order valence-corrected chi connectivity index (χ3v) is 1.74. The number of likely N-dealkylation sites (tertiary alicyclic amines) is 1. The van der Waals surface area contributed by atoms with Crippen LogP contribution in [0.15, 0.2) is 12.3 Å². The fourth-order valence-electron chi connectivity index (χ4n) is 1.13. The van der Waals surface area contributed by atoms with Crippen molar-refractivity contribution in [2.24, 2.45) is 0 Å². The number of aliphatic hydroxyl groups excluding tert-OH is 1. The van der Waals surface area contributed by atoms with Gasteiger partial charge in [-0.25, -0.2) is 0 Å². The molecular formula is C10H21NO. The molecule has 1 N–H and O–H groups in total. The molecule has 1 aliphatic rings. The summed E-state index contributed by atoms with van der Waals surface area (Å²) in [6.45, 7) is 10.3. The molecule has 0 saturated carbocycles. The lowest BCUT2D eigenvalue weighted by Crippen LogP contribution is -2.19. The molecule has 0 atom stereocenters. The molecule has 0 unspecified atom stereocenters. The van der Waals surface area contributed by atoms with Crippen LogP contribution in [0.2, 0.25) is 0 Å². The first-order valence-corrected chi connectivity index (χ1v) is 4.79. The lowest BCUT2D eigenvalue weighted by molar-refractivity contribution is 0.276. The number of aliphatic hydroxyl groups is 1. The zero-order valence-electron chi connectivity index (χ0n) is 8.34. The highest BCUT2D eigenvalue weighted by Crippen LogP contribution is 2.11. The van der Waals surface area contributed by atoms with E-state index in [4.69, 9.17) is 5.11 Å². The Morgan fingerprint density at radius 3 is 2.08 bits per heavy atom. The number of nitrogens with zero attached hydrogens (tertiary/aromatic N) is 1. The summed E-state index contributed by atoms with van der Waals surface area (Å²) >= 11 is 0. The van der Waals surface area contributed by atoms with Crippen LogP contribution in [-0.2, 0) is 0 Å². The van der Waals surface area contributed by atoms with E-state index in [-0.39, 0.29) is 6.61 Å². The molecule has 1 saturated heterocycles. The molecule has 0 aromatic heterocycles. The molecule has 0 amide bonds. The van der Waals surface area contributed by atoms with Gasteiger partial charge in [-0.1, -0.05) is 26.8 Å². The van der Waals surface area contributed by atoms with Gasteiger partial charge >= 0.3 is 0 Å². The van der Waals surface area contributed by atoms with Gasteiger partial charge in [-0.15, -0.1) is 0 Å². The maximum Gasteiger partial charge on any atom is 0.0823 e. The highest BCUT2D eigenvalue weighted by molar-refractivity contribution is 4.95. The van der Waals surface area contributed by atoms with Gasteiger partial charge in [0.05, 0.1) is 6.61 Å². The molecule has 1 fully saturated rings. The summed E-state index contributed by atoms with van der Waals surface area (Å²) in [7, 11) is 0. The van der Waals surface area contributed by atoms with Gasteiger partial charge in [0, 0.05) is 18.8 Å². The standard InChI is InChI=1S/C7H13NO.C3H8/c1-7(6-9)8-4-2-3-5-8;1-3-2/h9H,1-6H2;3H2,1-2H3. The summed E-state index contributed by atoms with van der Waals surface area (Å²) < 4.78 is 0. The van der Waals surface area contributed by atoms with E-state index >= 15 is 0 Å². The molecule has 0 radical (unpaired) electrons. The first kappa shape index (κ1) is 11.5. The van der Waals surface area contributed by atoms with Crippen LogP contribution >= 0.6 is 0 Å². The molecule has 1 heterocycles. The lowest BCUT2D eigenvalue weighted by Gasteiger charge is -2.17. The van der Waals surface area contributed by atoms with Gasteiger partial charge in [0.2, 0.25) is 0 Å². The Labute approximate surface area is 75.9 Å². The fourth-order valence-corrected chi connectivity index (χ4v) is 1.13. The predicted octanol–water partition coefficient (Wildman–Crippen LogP) is 2.00. The molecule has 72 valence electrons. The Balaban J connectivity index is 0.000000354. The van der Waals surface area contributed by atoms with Crippen LogP contribution in [-0.4, -0.2) is 29.7 Å². The van der Waals surface area contributed by atoms with Crippen LogP contribution in [0.1, 0.15) is 33.1 Å². The van der Waals surface area contributed by atoms with Crippen molar-refractivity contribution in [1.29, 1.82) is 0 Å². The highest BCUT2D eigenvalue weighted by Gasteiger charge is 2.11. The molecular weight excluding hydrogens is 150 g/mol. The van der Waals surface area contributed by atoms with E-state index in [1.807, 2.05) is 0 Å². The molecule has 1 rings (SSSR count). The van der Waals surface area contributed by atoms with Crippen LogP contribution < -0.4 is 0 Å². The minimum atomic E-state index is 0.111. The van der Waals surface area contributed by atoms with Crippen LogP contribution in [0, 0.1) is 0 Å². The highest BCUT2D eigenvalue weighted by atomic mass is 16.3. The van der Waals surface area contributed by atoms with Crippen molar-refractivity contribution in [3.05, 3.63) is 12.3 Å². The van der Waals surface area contributed by atoms with Gasteiger partial charge in [-0.05, 0) is 12.8 Å². The molecule has 0 aromatic rings. The van der Waals surface area contributed by atoms with E-state index in [1.54, 1.807) is 0 Å². The summed E-state index contributed by atoms with van der Waals surface area (Å²) in [5.74, 6) is 0. The van der Waals surface area contributed by atoms with Crippen LogP contribution in [0.25, 0.3) is 0 Å². The molecule has 0 bridgehead atoms. The summed E-state index contributed by atoms with van der Waals surface area (Å²) in [6.07, 6.45) is 3.75. The average molecular weight is 171 g/mol. The summed E-state index contributed by atoms with van der Waals surface area (Å²) in [6, 6.07) is 0. The molecule has 0 spiro atoms. The SMILES string of the molecule is C=C(CO)N1CCCC1.CCC. The van der Waals surface area contributed by atoms with Crippen molar-refractivity contribution in [3.8, 4) is 0 Å². The van der Waals surface area contributed by atoms with Crippen LogP contribution in [0.4, 0.5) is 0 Å². The first-order valence-electron chi connectivity index (χ1n) is 4.79. The number of hydrogen-bond acceptors (Lipinski definition) is 2. The zero-order valence-corrected chi connectivity index (χ0v) is 8.34. The predicted molar refractivity (Wildman–Crippen MR) is 53.0 cm³/mol. The summed E-state index contributed by atoms with van der Waals surface area (Å²) in [5, 5.41) is 8.65. The van der Waals surface area contributed by atoms with E-state index in [2.05, 4.69) is 25.3 Å². The Morgan fingerprint density at radius 2 is 1.75 bits per heavy atom. The van der Waals surface area contributed by atoms with Crippen molar-refractivity contribution in [2.75, 3.05) is 19.7 Å². The van der Waals surface area contributed by atoms with Crippen molar-refractivity contribution >= 4 is 0 Å². The normalized spacial score (nSPS) is 15.4. The molecule has 0 aromatic carbocycles. The third kappa shape index (κ3) is 4.39. The Bertz CT molecular complexity index is 117. The van der Waals surface area contributed by atoms with Crippen molar-refractivity contribution in [1.82, 2.24) is 4.90 Å². The fraction of sp³-hybridized carbons (Fsp3) is 0.800. The van der Waals surface area contributed by atoms with Gasteiger partial charge < -0.3 is 10.0 Å². The second-order valence-corrected chi connectivity index (χ2v) is 3.13. The molecule has 0 aliphatic carbocycles. The van der Waals surface area contributed by atoms with Gasteiger partial charge in [0.25, 0.3) is 0 Å². The smallest absolute Gasteiger partial charge is 0.0823 e. The second kappa shape index (κ2) is 7.17. The molecule has 1 aliphatic heterocycles. The van der Waals surface area contributed by atoms with Crippen molar-refractivity contribution in [3.63, 3.8) is 0 Å². The van der Waals surface area contributed by atoms with Gasteiger partial charge in [-0.2, -0.15) is 0 Å². The van der Waals surface area contributed by atoms with Gasteiger partial charge in [-0.3, -0.25) is 0 Å². The number of rotatable bonds is 2. The van der Waals surface area contributed by atoms with Gasteiger partial charge in [0.15, 0.2) is 0 Å². The Hall–Kier alpha value is -0.500. The largest absolute Gasteiger partial charge is 0.390 e. The number of hydrogen-bond donors (Lipinski definition) is 1. The van der Waals surface area contributed by atoms with Crippen molar-refractivity contribution < 1.29 is 5.11 Å². The first-order chi connectivity index (χ1) is 5.76. The average Bonchev–Trinajstić information content (AvgIpc) is 2.56. The maximum atomic E-state index is 8.65. The summed E-state index contributed by atoms with van der Waals surface area (Å²) in [4.78, 5) is 2.14. The van der Waals surface area contributed by atoms with E-state index in [9.17, 15) is 0 Å². The minimum absolute atomic E-state index is 0.111. The van der Waals surface area contributed by atoms with Crippen LogP contribution in [0.3, 0.4) is 0 Å². The second-order valence-electron chi connectivity index (χ2n) is 3.13. The van der Waals surface area contributed by atoms with E-state index in [0.29, 0.717) is 0 Å². The minimum Gasteiger partial charge on any atom is -0.390 e. The zero-order chi connectivity index (χ0) is 9.40. The lowest BCUT2D eigenvalue weighted by atomic mass is 10.4. The molecule has 12 heavy (non-hydrogen) atoms. The topological polar surface area (TPSA) is 23.5 Å². The molecule has 2 heteroatoms. The van der Waals surface area contributed by atoms with Gasteiger partial charge in [0.1, 0.15) is 0 Å². The summed E-state index contributed by atoms with van der Waals surface area (Å²) in [5.41, 5.74) is 0.868. The third-order valence-electron chi connectivity index (χ3n) is 1.74. The maximum absolute atomic E-state index is 8.65. The quantitative estimate of drug-likeness (QED) is 0.687. The Kier molecular flexibility index (Phi) is 6.87. The van der Waals surface area contributed by atoms with E-state index < -0.39 is 0 Å². The monoisotopic (exact) mass is 171 g/mol. The molecule has 2 nitrogen and oxygen atoms in total.